The molecule has 1 aromatic heterocycles. The lowest BCUT2D eigenvalue weighted by Crippen LogP contribution is -2.36. The van der Waals surface area contributed by atoms with Gasteiger partial charge in [0.05, 0.1) is 7.11 Å². The fourth-order valence-electron chi connectivity index (χ4n) is 1.54. The molecule has 0 aliphatic carbocycles. The fourth-order valence-corrected chi connectivity index (χ4v) is 1.54. The number of hydrogen-bond acceptors (Lipinski definition) is 4. The molecule has 0 fully saturated rings. The summed E-state index contributed by atoms with van der Waals surface area (Å²) >= 11 is 0. The number of nitrogens with two attached hydrogens (primary N) is 1. The summed E-state index contributed by atoms with van der Waals surface area (Å²) in [5.41, 5.74) is 5.96. The average Bonchev–Trinajstić information content (AvgIpc) is 2.37. The summed E-state index contributed by atoms with van der Waals surface area (Å²) in [5, 5.41) is 0. The van der Waals surface area contributed by atoms with E-state index in [-0.39, 0.29) is 11.9 Å². The Morgan fingerprint density at radius 1 is 1.65 bits per heavy atom. The Hall–Kier alpha value is -1.62. The summed E-state index contributed by atoms with van der Waals surface area (Å²) in [6.45, 7) is 2.52. The molecule has 0 aliphatic heterocycles. The summed E-state index contributed by atoms with van der Waals surface area (Å²) in [6, 6.07) is 3.52. The zero-order valence-electron chi connectivity index (χ0n) is 10.5. The second kappa shape index (κ2) is 6.20. The molecule has 1 rings (SSSR count). The van der Waals surface area contributed by atoms with Gasteiger partial charge in [-0.2, -0.15) is 0 Å². The molecule has 0 aliphatic rings. The van der Waals surface area contributed by atoms with E-state index < -0.39 is 0 Å². The van der Waals surface area contributed by atoms with Gasteiger partial charge in [0, 0.05) is 19.3 Å². The lowest BCUT2D eigenvalue weighted by molar-refractivity contribution is 0.0735. The number of ether oxygens (including phenoxy) is 1. The van der Waals surface area contributed by atoms with Crippen molar-refractivity contribution < 1.29 is 9.53 Å². The van der Waals surface area contributed by atoms with Crippen LogP contribution in [0, 0.1) is 0 Å². The minimum absolute atomic E-state index is 0.0948. The highest BCUT2D eigenvalue weighted by molar-refractivity contribution is 5.96. The second-order valence-corrected chi connectivity index (χ2v) is 3.90. The zero-order valence-corrected chi connectivity index (χ0v) is 10.5. The van der Waals surface area contributed by atoms with Gasteiger partial charge in [-0.25, -0.2) is 4.98 Å². The van der Waals surface area contributed by atoms with Crippen molar-refractivity contribution >= 4 is 5.91 Å². The highest BCUT2D eigenvalue weighted by Gasteiger charge is 2.20. The van der Waals surface area contributed by atoms with Crippen LogP contribution in [0.1, 0.15) is 23.7 Å². The van der Waals surface area contributed by atoms with E-state index >= 15 is 0 Å². The summed E-state index contributed by atoms with van der Waals surface area (Å²) in [4.78, 5) is 17.9. The van der Waals surface area contributed by atoms with Crippen LogP contribution < -0.4 is 10.5 Å². The lowest BCUT2D eigenvalue weighted by Gasteiger charge is -2.24. The molecule has 1 atom stereocenters. The van der Waals surface area contributed by atoms with Gasteiger partial charge in [0.25, 0.3) is 5.91 Å². The number of carbonyl (C=O) groups is 1. The van der Waals surface area contributed by atoms with Crippen LogP contribution in [0.4, 0.5) is 0 Å². The van der Waals surface area contributed by atoms with Gasteiger partial charge >= 0.3 is 0 Å². The Bertz CT molecular complexity index is 382. The Kier molecular flexibility index (Phi) is 4.90. The first-order valence-electron chi connectivity index (χ1n) is 5.58. The van der Waals surface area contributed by atoms with Crippen LogP contribution in [0.15, 0.2) is 18.3 Å². The van der Waals surface area contributed by atoms with Crippen molar-refractivity contribution in [2.24, 2.45) is 5.73 Å². The first-order chi connectivity index (χ1) is 8.11. The minimum Gasteiger partial charge on any atom is -0.480 e. The number of methoxy groups -OCH3 is 1. The van der Waals surface area contributed by atoms with Gasteiger partial charge in [0.15, 0.2) is 0 Å². The van der Waals surface area contributed by atoms with Crippen LogP contribution >= 0.6 is 0 Å². The van der Waals surface area contributed by atoms with E-state index in [1.165, 1.54) is 7.11 Å². The van der Waals surface area contributed by atoms with Crippen LogP contribution in [-0.4, -0.2) is 42.5 Å². The molecule has 0 saturated carbocycles. The molecular weight excluding hydrogens is 218 g/mol. The number of hydrogen-bond donors (Lipinski definition) is 1. The van der Waals surface area contributed by atoms with Gasteiger partial charge in [-0.1, -0.05) is 0 Å². The second-order valence-electron chi connectivity index (χ2n) is 3.90. The quantitative estimate of drug-likeness (QED) is 0.826. The maximum atomic E-state index is 12.2. The maximum absolute atomic E-state index is 12.2. The Balaban J connectivity index is 2.88. The van der Waals surface area contributed by atoms with Crippen molar-refractivity contribution in [2.45, 2.75) is 19.4 Å². The number of aromatic nitrogens is 1. The van der Waals surface area contributed by atoms with E-state index in [0.717, 1.165) is 6.42 Å². The summed E-state index contributed by atoms with van der Waals surface area (Å²) < 4.78 is 5.07. The zero-order chi connectivity index (χ0) is 12.8. The molecule has 94 valence electrons. The molecule has 0 bridgehead atoms. The highest BCUT2D eigenvalue weighted by Crippen LogP contribution is 2.17. The molecule has 0 spiro atoms. The van der Waals surface area contributed by atoms with Crippen LogP contribution in [0.2, 0.25) is 0 Å². The first kappa shape index (κ1) is 13.4. The topological polar surface area (TPSA) is 68.5 Å². The van der Waals surface area contributed by atoms with Crippen molar-refractivity contribution in [3.05, 3.63) is 23.9 Å². The van der Waals surface area contributed by atoms with Crippen LogP contribution in [-0.2, 0) is 0 Å². The smallest absolute Gasteiger partial charge is 0.259 e. The monoisotopic (exact) mass is 237 g/mol. The molecule has 1 heterocycles. The highest BCUT2D eigenvalue weighted by atomic mass is 16.5. The third kappa shape index (κ3) is 3.17. The van der Waals surface area contributed by atoms with Crippen molar-refractivity contribution in [2.75, 3.05) is 20.7 Å². The van der Waals surface area contributed by atoms with Gasteiger partial charge in [-0.15, -0.1) is 0 Å². The first-order valence-corrected chi connectivity index (χ1v) is 5.58. The molecule has 1 unspecified atom stereocenters. The van der Waals surface area contributed by atoms with Crippen LogP contribution in [0.3, 0.4) is 0 Å². The molecule has 0 saturated heterocycles. The van der Waals surface area contributed by atoms with Gasteiger partial charge in [-0.3, -0.25) is 4.79 Å². The van der Waals surface area contributed by atoms with Crippen molar-refractivity contribution in [3.8, 4) is 5.88 Å². The normalized spacial score (nSPS) is 12.0. The number of carbonyl (C=O) groups excluding carboxylic acids is 1. The van der Waals surface area contributed by atoms with Gasteiger partial charge in [0.2, 0.25) is 5.88 Å². The Morgan fingerprint density at radius 3 is 2.94 bits per heavy atom. The van der Waals surface area contributed by atoms with Gasteiger partial charge < -0.3 is 15.4 Å². The van der Waals surface area contributed by atoms with Crippen molar-refractivity contribution in [3.63, 3.8) is 0 Å². The Morgan fingerprint density at radius 2 is 2.35 bits per heavy atom. The molecular formula is C12H19N3O2. The van der Waals surface area contributed by atoms with Crippen LogP contribution in [0.25, 0.3) is 0 Å². The number of amides is 1. The third-order valence-corrected chi connectivity index (χ3v) is 2.76. The van der Waals surface area contributed by atoms with E-state index in [0.29, 0.717) is 18.0 Å². The lowest BCUT2D eigenvalue weighted by atomic mass is 10.1. The summed E-state index contributed by atoms with van der Waals surface area (Å²) in [5.74, 6) is 0.250. The molecule has 2 N–H and O–H groups in total. The summed E-state index contributed by atoms with van der Waals surface area (Å²) in [6.07, 6.45) is 2.36. The van der Waals surface area contributed by atoms with Crippen molar-refractivity contribution in [1.82, 2.24) is 9.88 Å². The predicted octanol–water partition coefficient (Wildman–Crippen LogP) is 0.899. The predicted molar refractivity (Wildman–Crippen MR) is 66.0 cm³/mol. The minimum atomic E-state index is -0.101. The Labute approximate surface area is 102 Å². The average molecular weight is 237 g/mol. The standard InChI is InChI=1S/C12H19N3O2/c1-9(6-7-13)15(2)12(16)10-5-4-8-14-11(10)17-3/h4-5,8-9H,6-7,13H2,1-3H3. The SMILES string of the molecule is COc1ncccc1C(=O)N(C)C(C)CCN. The van der Waals surface area contributed by atoms with E-state index in [1.54, 1.807) is 30.3 Å². The number of rotatable bonds is 5. The van der Waals surface area contributed by atoms with E-state index in [1.807, 2.05) is 6.92 Å². The molecule has 0 aromatic carbocycles. The number of nitrogens with zero attached hydrogens (tertiary/aromatic N) is 2. The van der Waals surface area contributed by atoms with Crippen molar-refractivity contribution in [1.29, 1.82) is 0 Å². The third-order valence-electron chi connectivity index (χ3n) is 2.76. The molecule has 5 nitrogen and oxygen atoms in total. The fraction of sp³-hybridized carbons (Fsp3) is 0.500. The van der Waals surface area contributed by atoms with E-state index in [2.05, 4.69) is 4.98 Å². The molecule has 5 heteroatoms. The molecule has 1 amide bonds. The molecule has 17 heavy (non-hydrogen) atoms. The largest absolute Gasteiger partial charge is 0.480 e. The van der Waals surface area contributed by atoms with Gasteiger partial charge in [-0.05, 0) is 32.0 Å². The van der Waals surface area contributed by atoms with E-state index in [4.69, 9.17) is 10.5 Å². The van der Waals surface area contributed by atoms with Crippen LogP contribution in [0.5, 0.6) is 5.88 Å². The maximum Gasteiger partial charge on any atom is 0.259 e. The summed E-state index contributed by atoms with van der Waals surface area (Å²) in [7, 11) is 3.26. The molecule has 0 radical (unpaired) electrons. The number of pyridine rings is 1. The van der Waals surface area contributed by atoms with E-state index in [9.17, 15) is 4.79 Å². The van der Waals surface area contributed by atoms with Gasteiger partial charge in [0.1, 0.15) is 5.56 Å². The molecule has 1 aromatic rings.